The summed E-state index contributed by atoms with van der Waals surface area (Å²) in [4.78, 5) is 34.5. The van der Waals surface area contributed by atoms with Gasteiger partial charge in [0.05, 0.1) is 6.42 Å². The minimum atomic E-state index is -1.02. The van der Waals surface area contributed by atoms with Crippen molar-refractivity contribution >= 4 is 17.8 Å². The zero-order valence-electron chi connectivity index (χ0n) is 12.4. The second-order valence-electron chi connectivity index (χ2n) is 5.14. The van der Waals surface area contributed by atoms with Gasteiger partial charge < -0.3 is 15.7 Å². The second-order valence-corrected chi connectivity index (χ2v) is 5.14. The van der Waals surface area contributed by atoms with Gasteiger partial charge in [-0.15, -0.1) is 0 Å². The van der Waals surface area contributed by atoms with E-state index in [9.17, 15) is 18.8 Å². The Balaban J connectivity index is 2.67. The van der Waals surface area contributed by atoms with E-state index in [1.807, 2.05) is 0 Å². The van der Waals surface area contributed by atoms with Crippen molar-refractivity contribution in [3.63, 3.8) is 0 Å². The van der Waals surface area contributed by atoms with Crippen LogP contribution in [0.2, 0.25) is 0 Å². The minimum Gasteiger partial charge on any atom is -0.481 e. The van der Waals surface area contributed by atoms with E-state index in [0.717, 1.165) is 12.1 Å². The van der Waals surface area contributed by atoms with Crippen molar-refractivity contribution in [2.24, 2.45) is 5.92 Å². The summed E-state index contributed by atoms with van der Waals surface area (Å²) in [6.45, 7) is 3.50. The quantitative estimate of drug-likeness (QED) is 0.704. The van der Waals surface area contributed by atoms with Crippen molar-refractivity contribution in [3.05, 3.63) is 35.6 Å². The van der Waals surface area contributed by atoms with Crippen LogP contribution >= 0.6 is 0 Å². The third-order valence-electron chi connectivity index (χ3n) is 2.98. The predicted octanol–water partition coefficient (Wildman–Crippen LogP) is 1.17. The van der Waals surface area contributed by atoms with E-state index in [1.54, 1.807) is 13.8 Å². The lowest BCUT2D eigenvalue weighted by molar-refractivity contribution is -0.137. The second kappa shape index (κ2) is 8.11. The molecule has 1 rings (SSSR count). The van der Waals surface area contributed by atoms with Gasteiger partial charge in [0.2, 0.25) is 5.91 Å². The standard InChI is InChI=1S/C15H19FN2O4/c1-9(2)13(15(22)17-8-7-12(19)20)18-14(21)10-3-5-11(16)6-4-10/h3-6,9,13H,7-8H2,1-2H3,(H,17,22)(H,18,21)(H,19,20). The fraction of sp³-hybridized carbons (Fsp3) is 0.400. The Kier molecular flexibility index (Phi) is 6.49. The first-order valence-corrected chi connectivity index (χ1v) is 6.87. The molecule has 0 saturated heterocycles. The number of amides is 2. The van der Waals surface area contributed by atoms with Crippen LogP contribution in [0.4, 0.5) is 4.39 Å². The van der Waals surface area contributed by atoms with E-state index in [4.69, 9.17) is 5.11 Å². The molecule has 7 heteroatoms. The fourth-order valence-electron chi connectivity index (χ4n) is 1.76. The first kappa shape index (κ1) is 17.6. The number of aliphatic carboxylic acids is 1. The van der Waals surface area contributed by atoms with Crippen LogP contribution < -0.4 is 10.6 Å². The average molecular weight is 310 g/mol. The molecule has 3 N–H and O–H groups in total. The van der Waals surface area contributed by atoms with Gasteiger partial charge in [-0.05, 0) is 30.2 Å². The van der Waals surface area contributed by atoms with Crippen molar-refractivity contribution < 1.29 is 23.9 Å². The third-order valence-corrected chi connectivity index (χ3v) is 2.98. The third kappa shape index (κ3) is 5.51. The van der Waals surface area contributed by atoms with E-state index in [1.165, 1.54) is 12.1 Å². The minimum absolute atomic E-state index is 0.0101. The highest BCUT2D eigenvalue weighted by atomic mass is 19.1. The molecule has 0 aliphatic rings. The lowest BCUT2D eigenvalue weighted by Gasteiger charge is -2.21. The lowest BCUT2D eigenvalue weighted by Crippen LogP contribution is -2.50. The van der Waals surface area contributed by atoms with E-state index in [0.29, 0.717) is 0 Å². The molecule has 0 aliphatic carbocycles. The molecule has 1 aromatic carbocycles. The highest BCUT2D eigenvalue weighted by molar-refractivity contribution is 5.97. The molecule has 0 aliphatic heterocycles. The average Bonchev–Trinajstić information content (AvgIpc) is 2.44. The first-order valence-electron chi connectivity index (χ1n) is 6.87. The molecule has 0 bridgehead atoms. The maximum Gasteiger partial charge on any atom is 0.305 e. The Morgan fingerprint density at radius 3 is 2.27 bits per heavy atom. The number of hydrogen-bond acceptors (Lipinski definition) is 3. The number of carboxylic acids is 1. The molecule has 1 unspecified atom stereocenters. The summed E-state index contributed by atoms with van der Waals surface area (Å²) in [5.41, 5.74) is 0.241. The van der Waals surface area contributed by atoms with Crippen molar-refractivity contribution in [1.82, 2.24) is 10.6 Å². The number of benzene rings is 1. The van der Waals surface area contributed by atoms with Crippen LogP contribution in [-0.2, 0) is 9.59 Å². The number of halogens is 1. The monoisotopic (exact) mass is 310 g/mol. The maximum atomic E-state index is 12.8. The van der Waals surface area contributed by atoms with Gasteiger partial charge in [0.15, 0.2) is 0 Å². The Hall–Kier alpha value is -2.44. The van der Waals surface area contributed by atoms with E-state index in [2.05, 4.69) is 10.6 Å². The largest absolute Gasteiger partial charge is 0.481 e. The van der Waals surface area contributed by atoms with E-state index < -0.39 is 29.6 Å². The molecule has 0 spiro atoms. The van der Waals surface area contributed by atoms with Gasteiger partial charge >= 0.3 is 5.97 Å². The summed E-state index contributed by atoms with van der Waals surface area (Å²) in [5.74, 6) is -2.60. The molecule has 2 amide bonds. The SMILES string of the molecule is CC(C)C(NC(=O)c1ccc(F)cc1)C(=O)NCCC(=O)O. The highest BCUT2D eigenvalue weighted by Gasteiger charge is 2.24. The molecular formula is C15H19FN2O4. The van der Waals surface area contributed by atoms with Crippen LogP contribution in [-0.4, -0.2) is 35.5 Å². The summed E-state index contributed by atoms with van der Waals surface area (Å²) in [7, 11) is 0. The molecule has 0 aromatic heterocycles. The van der Waals surface area contributed by atoms with Crippen molar-refractivity contribution in [2.75, 3.05) is 6.54 Å². The van der Waals surface area contributed by atoms with Crippen LogP contribution in [0.1, 0.15) is 30.6 Å². The Labute approximate surface area is 127 Å². The maximum absolute atomic E-state index is 12.8. The number of carbonyl (C=O) groups is 3. The number of carboxylic acid groups (broad SMARTS) is 1. The molecule has 22 heavy (non-hydrogen) atoms. The van der Waals surface area contributed by atoms with Gasteiger partial charge in [0.25, 0.3) is 5.91 Å². The van der Waals surface area contributed by atoms with Crippen molar-refractivity contribution in [1.29, 1.82) is 0 Å². The number of hydrogen-bond donors (Lipinski definition) is 3. The van der Waals surface area contributed by atoms with Gasteiger partial charge in [-0.2, -0.15) is 0 Å². The predicted molar refractivity (Wildman–Crippen MR) is 77.8 cm³/mol. The molecule has 0 heterocycles. The summed E-state index contributed by atoms with van der Waals surface area (Å²) < 4.78 is 12.8. The number of carbonyl (C=O) groups excluding carboxylic acids is 2. The van der Waals surface area contributed by atoms with E-state index in [-0.39, 0.29) is 24.4 Å². The van der Waals surface area contributed by atoms with Crippen LogP contribution in [0.3, 0.4) is 0 Å². The van der Waals surface area contributed by atoms with Gasteiger partial charge in [-0.25, -0.2) is 4.39 Å². The molecular weight excluding hydrogens is 291 g/mol. The first-order chi connectivity index (χ1) is 10.3. The fourth-order valence-corrected chi connectivity index (χ4v) is 1.76. The van der Waals surface area contributed by atoms with Crippen LogP contribution in [0.5, 0.6) is 0 Å². The Bertz CT molecular complexity index is 543. The van der Waals surface area contributed by atoms with Crippen LogP contribution in [0, 0.1) is 11.7 Å². The van der Waals surface area contributed by atoms with Crippen molar-refractivity contribution in [3.8, 4) is 0 Å². The lowest BCUT2D eigenvalue weighted by atomic mass is 10.0. The van der Waals surface area contributed by atoms with E-state index >= 15 is 0 Å². The molecule has 1 atom stereocenters. The molecule has 0 radical (unpaired) electrons. The molecule has 0 fully saturated rings. The Morgan fingerprint density at radius 2 is 1.77 bits per heavy atom. The topological polar surface area (TPSA) is 95.5 Å². The molecule has 1 aromatic rings. The smallest absolute Gasteiger partial charge is 0.305 e. The zero-order valence-corrected chi connectivity index (χ0v) is 12.4. The summed E-state index contributed by atoms with van der Waals surface area (Å²) in [6.07, 6.45) is -0.192. The molecule has 0 saturated carbocycles. The van der Waals surface area contributed by atoms with Crippen LogP contribution in [0.15, 0.2) is 24.3 Å². The van der Waals surface area contributed by atoms with Gasteiger partial charge in [0, 0.05) is 12.1 Å². The summed E-state index contributed by atoms with van der Waals surface area (Å²) in [5, 5.41) is 13.6. The van der Waals surface area contributed by atoms with Crippen LogP contribution in [0.25, 0.3) is 0 Å². The van der Waals surface area contributed by atoms with Gasteiger partial charge in [-0.1, -0.05) is 13.8 Å². The molecule has 120 valence electrons. The summed E-state index contributed by atoms with van der Waals surface area (Å²) >= 11 is 0. The number of nitrogens with one attached hydrogen (secondary N) is 2. The Morgan fingerprint density at radius 1 is 1.18 bits per heavy atom. The highest BCUT2D eigenvalue weighted by Crippen LogP contribution is 2.06. The normalized spacial score (nSPS) is 11.8. The van der Waals surface area contributed by atoms with Gasteiger partial charge in [-0.3, -0.25) is 14.4 Å². The van der Waals surface area contributed by atoms with Crippen molar-refractivity contribution in [2.45, 2.75) is 26.3 Å². The summed E-state index contributed by atoms with van der Waals surface area (Å²) in [6, 6.07) is 4.17. The zero-order chi connectivity index (χ0) is 16.7. The van der Waals surface area contributed by atoms with Gasteiger partial charge in [0.1, 0.15) is 11.9 Å². The number of rotatable bonds is 7. The molecule has 6 nitrogen and oxygen atoms in total.